The number of thioether (sulfide) groups is 1. The molecule has 0 bridgehead atoms. The van der Waals surface area contributed by atoms with Crippen molar-refractivity contribution in [2.45, 2.75) is 31.3 Å². The number of nitrogens with zero attached hydrogens (tertiary/aromatic N) is 3. The number of aromatic nitrogens is 3. The molecule has 6 nitrogen and oxygen atoms in total. The van der Waals surface area contributed by atoms with Crippen LogP contribution in [0, 0.1) is 0 Å². The Bertz CT molecular complexity index is 994. The molecule has 0 saturated heterocycles. The Balaban J connectivity index is 1.61. The first-order valence-electron chi connectivity index (χ1n) is 9.46. The van der Waals surface area contributed by atoms with Gasteiger partial charge in [0.1, 0.15) is 5.75 Å². The first-order valence-corrected chi connectivity index (χ1v) is 10.8. The van der Waals surface area contributed by atoms with Crippen molar-refractivity contribution in [3.05, 3.63) is 83.7 Å². The van der Waals surface area contributed by atoms with Gasteiger partial charge in [-0.15, -0.1) is 16.8 Å². The highest BCUT2D eigenvalue weighted by molar-refractivity contribution is 7.99. The minimum absolute atomic E-state index is 0.0678. The van der Waals surface area contributed by atoms with E-state index >= 15 is 0 Å². The molecule has 3 rings (SSSR count). The van der Waals surface area contributed by atoms with E-state index in [1.54, 1.807) is 18.2 Å². The van der Waals surface area contributed by atoms with E-state index < -0.39 is 0 Å². The van der Waals surface area contributed by atoms with Gasteiger partial charge in [0.05, 0.1) is 5.75 Å². The van der Waals surface area contributed by atoms with Crippen LogP contribution in [-0.4, -0.2) is 26.4 Å². The molecular formula is C22H23ClN4O2S. The Morgan fingerprint density at radius 2 is 2.07 bits per heavy atom. The summed E-state index contributed by atoms with van der Waals surface area (Å²) in [4.78, 5) is 12.2. The van der Waals surface area contributed by atoms with Crippen molar-refractivity contribution >= 4 is 29.3 Å². The van der Waals surface area contributed by atoms with Gasteiger partial charge in [0.25, 0.3) is 0 Å². The zero-order valence-electron chi connectivity index (χ0n) is 16.6. The summed E-state index contributed by atoms with van der Waals surface area (Å²) >= 11 is 7.36. The number of carbonyl (C=O) groups is 1. The van der Waals surface area contributed by atoms with Gasteiger partial charge in [0.2, 0.25) is 5.91 Å². The molecule has 1 unspecified atom stereocenters. The average molecular weight is 443 g/mol. The van der Waals surface area contributed by atoms with E-state index in [-0.39, 0.29) is 17.8 Å². The first-order chi connectivity index (χ1) is 14.6. The molecule has 0 aliphatic rings. The molecule has 0 aliphatic carbocycles. The van der Waals surface area contributed by atoms with E-state index in [2.05, 4.69) is 22.1 Å². The molecule has 0 spiro atoms. The number of carbonyl (C=O) groups excluding carboxylic acids is 1. The van der Waals surface area contributed by atoms with Crippen LogP contribution in [0.4, 0.5) is 0 Å². The molecule has 1 N–H and O–H groups in total. The molecule has 0 saturated carbocycles. The summed E-state index contributed by atoms with van der Waals surface area (Å²) in [6.45, 7) is 6.71. The van der Waals surface area contributed by atoms with Gasteiger partial charge in [-0.25, -0.2) is 0 Å². The Hall–Kier alpha value is -2.77. The van der Waals surface area contributed by atoms with Crippen molar-refractivity contribution < 1.29 is 9.53 Å². The molecule has 2 aromatic carbocycles. The van der Waals surface area contributed by atoms with Crippen LogP contribution in [0.3, 0.4) is 0 Å². The second-order valence-electron chi connectivity index (χ2n) is 6.51. The number of amides is 1. The summed E-state index contributed by atoms with van der Waals surface area (Å²) in [6, 6.07) is 17.0. The third-order valence-electron chi connectivity index (χ3n) is 4.19. The summed E-state index contributed by atoms with van der Waals surface area (Å²) in [6.07, 6.45) is 1.41. The molecule has 0 aliphatic heterocycles. The van der Waals surface area contributed by atoms with Crippen molar-refractivity contribution in [2.75, 3.05) is 5.75 Å². The molecule has 1 heterocycles. The first kappa shape index (κ1) is 21.9. The number of rotatable bonds is 10. The fourth-order valence-corrected chi connectivity index (χ4v) is 3.75. The third kappa shape index (κ3) is 6.11. The van der Waals surface area contributed by atoms with Gasteiger partial charge in [-0.1, -0.05) is 65.8 Å². The average Bonchev–Trinajstić information content (AvgIpc) is 3.14. The lowest BCUT2D eigenvalue weighted by atomic mass is 10.2. The van der Waals surface area contributed by atoms with Crippen LogP contribution < -0.4 is 10.1 Å². The van der Waals surface area contributed by atoms with Crippen LogP contribution in [0.2, 0.25) is 5.02 Å². The maximum Gasteiger partial charge on any atom is 0.230 e. The van der Waals surface area contributed by atoms with Crippen LogP contribution in [0.5, 0.6) is 5.75 Å². The van der Waals surface area contributed by atoms with Gasteiger partial charge >= 0.3 is 0 Å². The Labute approximate surface area is 185 Å². The fourth-order valence-electron chi connectivity index (χ4n) is 2.78. The molecule has 1 aromatic heterocycles. The fraction of sp³-hybridized carbons (Fsp3) is 0.227. The Kier molecular flexibility index (Phi) is 7.93. The normalized spacial score (nSPS) is 11.7. The Morgan fingerprint density at radius 1 is 1.27 bits per heavy atom. The predicted octanol–water partition coefficient (Wildman–Crippen LogP) is 4.67. The van der Waals surface area contributed by atoms with E-state index in [9.17, 15) is 4.79 Å². The standard InChI is InChI=1S/C22H23ClN4O2S/c1-3-12-27-21(16(2)29-19-11-7-10-18(23)13-19)25-26-22(27)30-15-20(28)24-14-17-8-5-4-6-9-17/h3-11,13,16H,1,12,14-15H2,2H3,(H,24,28). The van der Waals surface area contributed by atoms with Gasteiger partial charge < -0.3 is 10.1 Å². The van der Waals surface area contributed by atoms with E-state index in [1.165, 1.54) is 11.8 Å². The second kappa shape index (κ2) is 10.8. The van der Waals surface area contributed by atoms with E-state index in [4.69, 9.17) is 16.3 Å². The highest BCUT2D eigenvalue weighted by Gasteiger charge is 2.19. The highest BCUT2D eigenvalue weighted by atomic mass is 35.5. The molecule has 0 fully saturated rings. The summed E-state index contributed by atoms with van der Waals surface area (Å²) in [5.41, 5.74) is 1.06. The minimum atomic E-state index is -0.350. The predicted molar refractivity (Wildman–Crippen MR) is 120 cm³/mol. The zero-order chi connectivity index (χ0) is 21.3. The highest BCUT2D eigenvalue weighted by Crippen LogP contribution is 2.26. The van der Waals surface area contributed by atoms with E-state index in [0.29, 0.717) is 34.8 Å². The van der Waals surface area contributed by atoms with Crippen molar-refractivity contribution in [3.8, 4) is 5.75 Å². The maximum atomic E-state index is 12.2. The van der Waals surface area contributed by atoms with Crippen molar-refractivity contribution in [1.29, 1.82) is 0 Å². The smallest absolute Gasteiger partial charge is 0.230 e. The SMILES string of the molecule is C=CCn1c(SCC(=O)NCc2ccccc2)nnc1C(C)Oc1cccc(Cl)c1. The number of hydrogen-bond donors (Lipinski definition) is 1. The largest absolute Gasteiger partial charge is 0.483 e. The van der Waals surface area contributed by atoms with Crippen molar-refractivity contribution in [2.24, 2.45) is 0 Å². The Morgan fingerprint density at radius 3 is 2.80 bits per heavy atom. The summed E-state index contributed by atoms with van der Waals surface area (Å²) in [5, 5.41) is 12.7. The molecule has 156 valence electrons. The van der Waals surface area contributed by atoms with Crippen molar-refractivity contribution in [1.82, 2.24) is 20.1 Å². The quantitative estimate of drug-likeness (QED) is 0.365. The number of benzene rings is 2. The second-order valence-corrected chi connectivity index (χ2v) is 7.89. The molecule has 8 heteroatoms. The molecule has 1 atom stereocenters. The molecule has 1 amide bonds. The number of halogens is 1. The van der Waals surface area contributed by atoms with Crippen LogP contribution in [0.25, 0.3) is 0 Å². The van der Waals surface area contributed by atoms with Crippen LogP contribution in [0.1, 0.15) is 24.4 Å². The minimum Gasteiger partial charge on any atom is -0.483 e. The lowest BCUT2D eigenvalue weighted by molar-refractivity contribution is -0.118. The topological polar surface area (TPSA) is 69.0 Å². The molecule has 3 aromatic rings. The lowest BCUT2D eigenvalue weighted by Crippen LogP contribution is -2.24. The maximum absolute atomic E-state index is 12.2. The van der Waals surface area contributed by atoms with Crippen LogP contribution in [-0.2, 0) is 17.9 Å². The molecule has 0 radical (unpaired) electrons. The van der Waals surface area contributed by atoms with E-state index in [1.807, 2.05) is 54.0 Å². The van der Waals surface area contributed by atoms with Gasteiger partial charge in [0.15, 0.2) is 17.1 Å². The van der Waals surface area contributed by atoms with Gasteiger partial charge in [-0.05, 0) is 30.7 Å². The summed E-state index contributed by atoms with van der Waals surface area (Å²) in [7, 11) is 0. The number of nitrogens with one attached hydrogen (secondary N) is 1. The van der Waals surface area contributed by atoms with Crippen molar-refractivity contribution in [3.63, 3.8) is 0 Å². The lowest BCUT2D eigenvalue weighted by Gasteiger charge is -2.16. The number of allylic oxidation sites excluding steroid dienone is 1. The summed E-state index contributed by atoms with van der Waals surface area (Å²) in [5.74, 6) is 1.48. The third-order valence-corrected chi connectivity index (χ3v) is 5.40. The monoisotopic (exact) mass is 442 g/mol. The number of ether oxygens (including phenoxy) is 1. The van der Waals surface area contributed by atoms with E-state index in [0.717, 1.165) is 5.56 Å². The van der Waals surface area contributed by atoms with Crippen LogP contribution >= 0.6 is 23.4 Å². The van der Waals surface area contributed by atoms with Crippen LogP contribution in [0.15, 0.2) is 72.4 Å². The molecular weight excluding hydrogens is 420 g/mol. The van der Waals surface area contributed by atoms with Gasteiger partial charge in [0, 0.05) is 18.1 Å². The zero-order valence-corrected chi connectivity index (χ0v) is 18.2. The van der Waals surface area contributed by atoms with Gasteiger partial charge in [-0.3, -0.25) is 9.36 Å². The molecule has 30 heavy (non-hydrogen) atoms. The number of hydrogen-bond acceptors (Lipinski definition) is 5. The van der Waals surface area contributed by atoms with Gasteiger partial charge in [-0.2, -0.15) is 0 Å². The summed E-state index contributed by atoms with van der Waals surface area (Å²) < 4.78 is 7.86.